The molecule has 1 N–H and O–H groups in total. The Morgan fingerprint density at radius 2 is 1.95 bits per heavy atom. The van der Waals surface area contributed by atoms with Crippen LogP contribution in [0.1, 0.15) is 62.3 Å². The molecule has 0 amide bonds. The monoisotopic (exact) mass is 282 g/mol. The van der Waals surface area contributed by atoms with E-state index in [1.165, 1.54) is 42.2 Å². The number of benzene rings is 1. The third kappa shape index (κ3) is 3.26. The molecular weight excluding hydrogens is 256 g/mol. The first-order chi connectivity index (χ1) is 10.1. The van der Waals surface area contributed by atoms with Gasteiger partial charge in [-0.1, -0.05) is 32.8 Å². The fraction of sp³-hybridized carbons (Fsp3) is 0.526. The van der Waals surface area contributed by atoms with E-state index in [4.69, 9.17) is 0 Å². The van der Waals surface area contributed by atoms with Gasteiger partial charge in [0.25, 0.3) is 0 Å². The number of hydrogen-bond acceptors (Lipinski definition) is 2. The van der Waals surface area contributed by atoms with E-state index < -0.39 is 0 Å². The van der Waals surface area contributed by atoms with Crippen LogP contribution < -0.4 is 5.32 Å². The summed E-state index contributed by atoms with van der Waals surface area (Å²) in [5.41, 5.74) is 5.04. The quantitative estimate of drug-likeness (QED) is 0.879. The standard InChI is InChI=1S/C19H26N2/c1-13(2)15-8-9-19-18(11-15)16(10-14(3)21-19)12-20-17-6-4-5-7-17/h8-11,13,17,20H,4-7,12H2,1-3H3. The highest BCUT2D eigenvalue weighted by atomic mass is 14.9. The molecule has 2 heteroatoms. The van der Waals surface area contributed by atoms with Crippen molar-refractivity contribution in [3.8, 4) is 0 Å². The smallest absolute Gasteiger partial charge is 0.0708 e. The number of rotatable bonds is 4. The average Bonchev–Trinajstić information content (AvgIpc) is 2.97. The van der Waals surface area contributed by atoms with E-state index in [0.717, 1.165) is 17.8 Å². The fourth-order valence-electron chi connectivity index (χ4n) is 3.35. The van der Waals surface area contributed by atoms with Crippen molar-refractivity contribution < 1.29 is 0 Å². The summed E-state index contributed by atoms with van der Waals surface area (Å²) in [4.78, 5) is 4.69. The minimum atomic E-state index is 0.561. The van der Waals surface area contributed by atoms with E-state index in [2.05, 4.69) is 55.3 Å². The maximum absolute atomic E-state index is 4.69. The molecule has 0 saturated heterocycles. The second-order valence-corrected chi connectivity index (χ2v) is 6.72. The van der Waals surface area contributed by atoms with Crippen molar-refractivity contribution >= 4 is 10.9 Å². The van der Waals surface area contributed by atoms with Crippen LogP contribution in [-0.4, -0.2) is 11.0 Å². The SMILES string of the molecule is Cc1cc(CNC2CCCC2)c2cc(C(C)C)ccc2n1. The Kier molecular flexibility index (Phi) is 4.25. The number of nitrogens with one attached hydrogen (secondary N) is 1. The van der Waals surface area contributed by atoms with E-state index in [1.807, 2.05) is 0 Å². The van der Waals surface area contributed by atoms with Gasteiger partial charge < -0.3 is 5.32 Å². The Hall–Kier alpha value is -1.41. The molecule has 2 nitrogen and oxygen atoms in total. The van der Waals surface area contributed by atoms with Crippen molar-refractivity contribution in [1.29, 1.82) is 0 Å². The lowest BCUT2D eigenvalue weighted by molar-refractivity contribution is 0.525. The van der Waals surface area contributed by atoms with Crippen molar-refractivity contribution in [1.82, 2.24) is 10.3 Å². The summed E-state index contributed by atoms with van der Waals surface area (Å²) in [5, 5.41) is 5.06. The van der Waals surface area contributed by atoms with Gasteiger partial charge in [-0.05, 0) is 55.0 Å². The maximum Gasteiger partial charge on any atom is 0.0708 e. The number of aryl methyl sites for hydroxylation is 1. The molecule has 112 valence electrons. The Balaban J connectivity index is 1.92. The van der Waals surface area contributed by atoms with E-state index in [1.54, 1.807) is 0 Å². The zero-order chi connectivity index (χ0) is 14.8. The molecule has 0 spiro atoms. The Bertz CT molecular complexity index is 625. The second-order valence-electron chi connectivity index (χ2n) is 6.72. The molecule has 0 unspecified atom stereocenters. The first-order valence-corrected chi connectivity index (χ1v) is 8.27. The molecule has 1 aliphatic rings. The summed E-state index contributed by atoms with van der Waals surface area (Å²) in [7, 11) is 0. The van der Waals surface area contributed by atoms with Gasteiger partial charge in [-0.3, -0.25) is 4.98 Å². The number of hydrogen-bond donors (Lipinski definition) is 1. The van der Waals surface area contributed by atoms with Crippen molar-refractivity contribution in [3.63, 3.8) is 0 Å². The molecule has 2 aromatic rings. The lowest BCUT2D eigenvalue weighted by atomic mass is 9.98. The highest BCUT2D eigenvalue weighted by Gasteiger charge is 2.15. The van der Waals surface area contributed by atoms with Gasteiger partial charge in [0.1, 0.15) is 0 Å². The van der Waals surface area contributed by atoms with Crippen LogP contribution in [-0.2, 0) is 6.54 Å². The van der Waals surface area contributed by atoms with Crippen LogP contribution in [0.15, 0.2) is 24.3 Å². The predicted molar refractivity (Wildman–Crippen MR) is 89.7 cm³/mol. The fourth-order valence-corrected chi connectivity index (χ4v) is 3.35. The van der Waals surface area contributed by atoms with Gasteiger partial charge in [-0.25, -0.2) is 0 Å². The summed E-state index contributed by atoms with van der Waals surface area (Å²) >= 11 is 0. The molecular formula is C19H26N2. The summed E-state index contributed by atoms with van der Waals surface area (Å²) in [6.45, 7) is 7.55. The summed E-state index contributed by atoms with van der Waals surface area (Å²) < 4.78 is 0. The number of fused-ring (bicyclic) bond motifs is 1. The minimum Gasteiger partial charge on any atom is -0.310 e. The van der Waals surface area contributed by atoms with Crippen LogP contribution in [0.25, 0.3) is 10.9 Å². The third-order valence-corrected chi connectivity index (χ3v) is 4.65. The lowest BCUT2D eigenvalue weighted by Gasteiger charge is -2.15. The normalized spacial score (nSPS) is 16.2. The first-order valence-electron chi connectivity index (χ1n) is 8.27. The second kappa shape index (κ2) is 6.15. The van der Waals surface area contributed by atoms with Gasteiger partial charge in [-0.15, -0.1) is 0 Å². The van der Waals surface area contributed by atoms with Crippen LogP contribution in [0.5, 0.6) is 0 Å². The molecule has 1 aliphatic carbocycles. The minimum absolute atomic E-state index is 0.561. The zero-order valence-corrected chi connectivity index (χ0v) is 13.4. The topological polar surface area (TPSA) is 24.9 Å². The lowest BCUT2D eigenvalue weighted by Crippen LogP contribution is -2.25. The van der Waals surface area contributed by atoms with Crippen LogP contribution in [0.4, 0.5) is 0 Å². The summed E-state index contributed by atoms with van der Waals surface area (Å²) in [6.07, 6.45) is 5.43. The maximum atomic E-state index is 4.69. The van der Waals surface area contributed by atoms with Crippen molar-refractivity contribution in [3.05, 3.63) is 41.1 Å². The van der Waals surface area contributed by atoms with Gasteiger partial charge in [0.15, 0.2) is 0 Å². The highest BCUT2D eigenvalue weighted by Crippen LogP contribution is 2.25. The zero-order valence-electron chi connectivity index (χ0n) is 13.4. The van der Waals surface area contributed by atoms with Crippen LogP contribution >= 0.6 is 0 Å². The number of aromatic nitrogens is 1. The summed E-state index contributed by atoms with van der Waals surface area (Å²) in [5.74, 6) is 0.561. The Labute approximate surface area is 128 Å². The van der Waals surface area contributed by atoms with Crippen molar-refractivity contribution in [2.75, 3.05) is 0 Å². The van der Waals surface area contributed by atoms with Crippen LogP contribution in [0, 0.1) is 6.92 Å². The molecule has 3 rings (SSSR count). The summed E-state index contributed by atoms with van der Waals surface area (Å²) in [6, 6.07) is 9.68. The van der Waals surface area contributed by atoms with E-state index >= 15 is 0 Å². The molecule has 1 aromatic heterocycles. The molecule has 1 fully saturated rings. The van der Waals surface area contributed by atoms with Crippen LogP contribution in [0.2, 0.25) is 0 Å². The number of pyridine rings is 1. The predicted octanol–water partition coefficient (Wildman–Crippen LogP) is 4.70. The van der Waals surface area contributed by atoms with E-state index in [9.17, 15) is 0 Å². The molecule has 0 bridgehead atoms. The highest BCUT2D eigenvalue weighted by molar-refractivity contribution is 5.83. The largest absolute Gasteiger partial charge is 0.310 e. The molecule has 0 aliphatic heterocycles. The van der Waals surface area contributed by atoms with Gasteiger partial charge >= 0.3 is 0 Å². The van der Waals surface area contributed by atoms with Crippen LogP contribution in [0.3, 0.4) is 0 Å². The van der Waals surface area contributed by atoms with E-state index in [-0.39, 0.29) is 0 Å². The van der Waals surface area contributed by atoms with Crippen molar-refractivity contribution in [2.45, 2.75) is 65.0 Å². The Morgan fingerprint density at radius 1 is 1.19 bits per heavy atom. The van der Waals surface area contributed by atoms with E-state index in [0.29, 0.717) is 12.0 Å². The van der Waals surface area contributed by atoms with Gasteiger partial charge in [0.2, 0.25) is 0 Å². The molecule has 1 aromatic carbocycles. The molecule has 21 heavy (non-hydrogen) atoms. The Morgan fingerprint density at radius 3 is 2.67 bits per heavy atom. The molecule has 0 atom stereocenters. The molecule has 1 heterocycles. The van der Waals surface area contributed by atoms with Gasteiger partial charge in [0.05, 0.1) is 5.52 Å². The van der Waals surface area contributed by atoms with Gasteiger partial charge in [0, 0.05) is 23.7 Å². The van der Waals surface area contributed by atoms with Crippen molar-refractivity contribution in [2.24, 2.45) is 0 Å². The third-order valence-electron chi connectivity index (χ3n) is 4.65. The first kappa shape index (κ1) is 14.5. The molecule has 1 saturated carbocycles. The molecule has 0 radical (unpaired) electrons. The average molecular weight is 282 g/mol. The number of nitrogens with zero attached hydrogens (tertiary/aromatic N) is 1. The van der Waals surface area contributed by atoms with Gasteiger partial charge in [-0.2, -0.15) is 0 Å².